The van der Waals surface area contributed by atoms with E-state index in [1.807, 2.05) is 74.5 Å². The molecule has 2 aliphatic rings. The van der Waals surface area contributed by atoms with Gasteiger partial charge in [-0.25, -0.2) is 0 Å². The van der Waals surface area contributed by atoms with Crippen LogP contribution in [0.1, 0.15) is 63.5 Å². The van der Waals surface area contributed by atoms with Gasteiger partial charge < -0.3 is 20.4 Å². The van der Waals surface area contributed by atoms with Crippen LogP contribution in [-0.4, -0.2) is 58.6 Å². The van der Waals surface area contributed by atoms with Gasteiger partial charge >= 0.3 is 0 Å². The molecule has 2 aliphatic heterocycles. The van der Waals surface area contributed by atoms with Crippen LogP contribution in [0.3, 0.4) is 0 Å². The quantitative estimate of drug-likeness (QED) is 0.504. The third kappa shape index (κ3) is 6.49. The molecule has 200 valence electrons. The maximum atomic E-state index is 12.7. The first-order chi connectivity index (χ1) is 18.4. The lowest BCUT2D eigenvalue weighted by Gasteiger charge is -2.23. The van der Waals surface area contributed by atoms with Crippen molar-refractivity contribution in [3.05, 3.63) is 59.7 Å². The lowest BCUT2D eigenvalue weighted by atomic mass is 10.1. The van der Waals surface area contributed by atoms with Gasteiger partial charge in [0.15, 0.2) is 0 Å². The zero-order valence-corrected chi connectivity index (χ0v) is 22.1. The normalized spacial score (nSPS) is 19.1. The molecule has 2 atom stereocenters. The van der Waals surface area contributed by atoms with Crippen LogP contribution in [0, 0.1) is 0 Å². The molecule has 2 aromatic rings. The van der Waals surface area contributed by atoms with E-state index in [4.69, 9.17) is 0 Å². The van der Waals surface area contributed by atoms with Crippen LogP contribution < -0.4 is 10.6 Å². The molecule has 8 nitrogen and oxygen atoms in total. The Morgan fingerprint density at radius 2 is 1.05 bits per heavy atom. The first kappa shape index (κ1) is 27.1. The molecule has 0 aromatic heterocycles. The van der Waals surface area contributed by atoms with Crippen molar-refractivity contribution >= 4 is 47.2 Å². The van der Waals surface area contributed by atoms with Gasteiger partial charge in [-0.15, -0.1) is 0 Å². The molecule has 2 saturated heterocycles. The summed E-state index contributed by atoms with van der Waals surface area (Å²) in [7, 11) is 0. The van der Waals surface area contributed by atoms with Crippen LogP contribution in [0.2, 0.25) is 0 Å². The Morgan fingerprint density at radius 3 is 1.39 bits per heavy atom. The number of amides is 4. The van der Waals surface area contributed by atoms with Crippen LogP contribution in [0.5, 0.6) is 0 Å². The maximum absolute atomic E-state index is 12.7. The molecule has 0 spiro atoms. The van der Waals surface area contributed by atoms with Crippen LogP contribution in [0.4, 0.5) is 11.4 Å². The van der Waals surface area contributed by atoms with Gasteiger partial charge in [-0.3, -0.25) is 19.2 Å². The number of carbonyl (C=O) groups is 4. The fraction of sp³-hybridized carbons (Fsp3) is 0.400. The number of hydrogen-bond acceptors (Lipinski definition) is 4. The maximum Gasteiger partial charge on any atom is 0.247 e. The SMILES string of the molecule is CCC(=O)N1CCC[C@H]1C(=O)Nc1ccc(/C=C/c2ccc(NC(=O)[C@@H]3CCCN3C(=O)CC)cc2)cc1. The summed E-state index contributed by atoms with van der Waals surface area (Å²) in [5.41, 5.74) is 3.35. The summed E-state index contributed by atoms with van der Waals surface area (Å²) in [6.07, 6.45) is 7.84. The molecule has 8 heteroatoms. The summed E-state index contributed by atoms with van der Waals surface area (Å²) >= 11 is 0. The van der Waals surface area contributed by atoms with E-state index in [0.717, 1.165) is 24.0 Å². The van der Waals surface area contributed by atoms with Crippen molar-refractivity contribution in [2.75, 3.05) is 23.7 Å². The Balaban J connectivity index is 1.30. The summed E-state index contributed by atoms with van der Waals surface area (Å²) in [5.74, 6) is -0.250. The van der Waals surface area contributed by atoms with Crippen molar-refractivity contribution in [1.29, 1.82) is 0 Å². The molecule has 38 heavy (non-hydrogen) atoms. The molecular formula is C30H36N4O4. The van der Waals surface area contributed by atoms with Crippen molar-refractivity contribution in [3.63, 3.8) is 0 Å². The molecule has 4 amide bonds. The molecule has 2 aromatic carbocycles. The van der Waals surface area contributed by atoms with E-state index in [1.165, 1.54) is 0 Å². The monoisotopic (exact) mass is 516 g/mol. The number of likely N-dealkylation sites (tertiary alicyclic amines) is 2. The molecule has 2 N–H and O–H groups in total. The second-order valence-corrected chi connectivity index (χ2v) is 9.75. The molecular weight excluding hydrogens is 480 g/mol. The van der Waals surface area contributed by atoms with E-state index >= 15 is 0 Å². The van der Waals surface area contributed by atoms with Crippen LogP contribution in [0.25, 0.3) is 12.2 Å². The van der Waals surface area contributed by atoms with Gasteiger partial charge in [0.05, 0.1) is 0 Å². The van der Waals surface area contributed by atoms with Crippen LogP contribution in [0.15, 0.2) is 48.5 Å². The second-order valence-electron chi connectivity index (χ2n) is 9.75. The van der Waals surface area contributed by atoms with Crippen molar-refractivity contribution in [1.82, 2.24) is 9.80 Å². The Bertz CT molecular complexity index is 1100. The van der Waals surface area contributed by atoms with E-state index in [2.05, 4.69) is 10.6 Å². The molecule has 0 aliphatic carbocycles. The summed E-state index contributed by atoms with van der Waals surface area (Å²) in [4.78, 5) is 52.9. The van der Waals surface area contributed by atoms with E-state index in [9.17, 15) is 19.2 Å². The highest BCUT2D eigenvalue weighted by atomic mass is 16.2. The van der Waals surface area contributed by atoms with Gasteiger partial charge in [0.1, 0.15) is 12.1 Å². The minimum atomic E-state index is -0.397. The summed E-state index contributed by atoms with van der Waals surface area (Å²) < 4.78 is 0. The third-order valence-electron chi connectivity index (χ3n) is 7.18. The molecule has 0 bridgehead atoms. The van der Waals surface area contributed by atoms with Crippen LogP contribution in [-0.2, 0) is 19.2 Å². The number of hydrogen-bond donors (Lipinski definition) is 2. The molecule has 2 fully saturated rings. The largest absolute Gasteiger partial charge is 0.331 e. The topological polar surface area (TPSA) is 98.8 Å². The average Bonchev–Trinajstić information content (AvgIpc) is 3.63. The van der Waals surface area contributed by atoms with Crippen molar-refractivity contribution in [2.45, 2.75) is 64.5 Å². The number of rotatable bonds is 8. The highest BCUT2D eigenvalue weighted by molar-refractivity contribution is 5.98. The number of nitrogens with zero attached hydrogens (tertiary/aromatic N) is 2. The average molecular weight is 517 g/mol. The molecule has 2 heterocycles. The molecule has 0 saturated carbocycles. The van der Waals surface area contributed by atoms with Gasteiger partial charge in [0.25, 0.3) is 0 Å². The van der Waals surface area contributed by atoms with E-state index < -0.39 is 12.1 Å². The highest BCUT2D eigenvalue weighted by Gasteiger charge is 2.34. The number of benzene rings is 2. The first-order valence-corrected chi connectivity index (χ1v) is 13.5. The zero-order chi connectivity index (χ0) is 27.1. The Labute approximate surface area is 224 Å². The number of nitrogens with one attached hydrogen (secondary N) is 2. The highest BCUT2D eigenvalue weighted by Crippen LogP contribution is 2.22. The van der Waals surface area contributed by atoms with Crippen molar-refractivity contribution < 1.29 is 19.2 Å². The number of carbonyl (C=O) groups excluding carboxylic acids is 4. The standard InChI is InChI=1S/C30H36N4O4/c1-3-27(35)33-19-5-7-25(33)29(37)31-23-15-11-21(12-16-23)9-10-22-13-17-24(18-14-22)32-30(38)26-8-6-20-34(26)28(36)4-2/h9-18,25-26H,3-8,19-20H2,1-2H3,(H,31,37)(H,32,38)/b10-9+/t25-,26-/m0/s1. The minimum Gasteiger partial charge on any atom is -0.331 e. The first-order valence-electron chi connectivity index (χ1n) is 13.5. The zero-order valence-electron chi connectivity index (χ0n) is 22.1. The lowest BCUT2D eigenvalue weighted by Crippen LogP contribution is -2.42. The Morgan fingerprint density at radius 1 is 0.684 bits per heavy atom. The summed E-state index contributed by atoms with van der Waals surface area (Å²) in [6.45, 7) is 4.91. The van der Waals surface area contributed by atoms with Crippen molar-refractivity contribution in [2.24, 2.45) is 0 Å². The van der Waals surface area contributed by atoms with Crippen molar-refractivity contribution in [3.8, 4) is 0 Å². The Hall–Kier alpha value is -3.94. The van der Waals surface area contributed by atoms with Crippen LogP contribution >= 0.6 is 0 Å². The number of anilines is 2. The predicted molar refractivity (Wildman–Crippen MR) is 149 cm³/mol. The smallest absolute Gasteiger partial charge is 0.247 e. The van der Waals surface area contributed by atoms with Gasteiger partial charge in [-0.2, -0.15) is 0 Å². The van der Waals surface area contributed by atoms with E-state index in [-0.39, 0.29) is 23.6 Å². The fourth-order valence-corrected chi connectivity index (χ4v) is 5.08. The predicted octanol–water partition coefficient (Wildman–Crippen LogP) is 4.54. The fourth-order valence-electron chi connectivity index (χ4n) is 5.08. The molecule has 0 radical (unpaired) electrons. The summed E-state index contributed by atoms with van der Waals surface area (Å²) in [6, 6.07) is 14.3. The summed E-state index contributed by atoms with van der Waals surface area (Å²) in [5, 5.41) is 5.87. The molecule has 4 rings (SSSR count). The lowest BCUT2D eigenvalue weighted by molar-refractivity contribution is -0.136. The van der Waals surface area contributed by atoms with Gasteiger partial charge in [0, 0.05) is 37.3 Å². The van der Waals surface area contributed by atoms with Gasteiger partial charge in [-0.1, -0.05) is 50.3 Å². The van der Waals surface area contributed by atoms with Gasteiger partial charge in [0.2, 0.25) is 23.6 Å². The third-order valence-corrected chi connectivity index (χ3v) is 7.18. The van der Waals surface area contributed by atoms with E-state index in [0.29, 0.717) is 50.1 Å². The minimum absolute atomic E-state index is 0.0162. The van der Waals surface area contributed by atoms with E-state index in [1.54, 1.807) is 9.80 Å². The second kappa shape index (κ2) is 12.5. The molecule has 0 unspecified atom stereocenters. The van der Waals surface area contributed by atoms with Gasteiger partial charge in [-0.05, 0) is 61.1 Å². The Kier molecular flexibility index (Phi) is 8.94.